The van der Waals surface area contributed by atoms with Crippen LogP contribution in [0.2, 0.25) is 0 Å². The summed E-state index contributed by atoms with van der Waals surface area (Å²) in [6, 6.07) is 0. The molecule has 0 aliphatic heterocycles. The number of aliphatic hydroxyl groups excluding tert-OH is 1. The quantitative estimate of drug-likeness (QED) is 0.726. The lowest BCUT2D eigenvalue weighted by atomic mass is 9.98. The van der Waals surface area contributed by atoms with E-state index in [1.54, 1.807) is 13.1 Å². The minimum absolute atomic E-state index is 0.0189. The van der Waals surface area contributed by atoms with Gasteiger partial charge < -0.3 is 15.5 Å². The molecule has 102 valence electrons. The van der Waals surface area contributed by atoms with Crippen LogP contribution in [0.25, 0.3) is 0 Å². The van der Waals surface area contributed by atoms with E-state index in [9.17, 15) is 10.2 Å². The first-order valence-corrected chi connectivity index (χ1v) is 6.43. The Balaban J connectivity index is 2.87. The van der Waals surface area contributed by atoms with Gasteiger partial charge in [0.05, 0.1) is 12.3 Å². The molecule has 0 atom stereocenters. The van der Waals surface area contributed by atoms with Gasteiger partial charge >= 0.3 is 0 Å². The molecule has 1 aromatic heterocycles. The predicted molar refractivity (Wildman–Crippen MR) is 72.4 cm³/mol. The molecule has 0 spiro atoms. The summed E-state index contributed by atoms with van der Waals surface area (Å²) in [6.45, 7) is 8.62. The summed E-state index contributed by atoms with van der Waals surface area (Å²) in [7, 11) is 0. The van der Waals surface area contributed by atoms with Gasteiger partial charge in [-0.05, 0) is 27.2 Å². The molecular weight excluding hydrogens is 228 g/mol. The van der Waals surface area contributed by atoms with Crippen molar-refractivity contribution in [1.82, 2.24) is 10.3 Å². The van der Waals surface area contributed by atoms with Crippen molar-refractivity contribution in [2.45, 2.75) is 59.2 Å². The van der Waals surface area contributed by atoms with Crippen molar-refractivity contribution in [2.24, 2.45) is 0 Å². The molecule has 0 saturated heterocycles. The second-order valence-electron chi connectivity index (χ2n) is 5.34. The molecule has 0 fully saturated rings. The SMILES string of the molecule is CCCC(C)(C)NCc1c(CO)cnc(C)c1O. The number of aromatic hydroxyl groups is 1. The van der Waals surface area contributed by atoms with Crippen molar-refractivity contribution in [1.29, 1.82) is 0 Å². The minimum atomic E-state index is -0.105. The van der Waals surface area contributed by atoms with Gasteiger partial charge in [-0.15, -0.1) is 0 Å². The first-order chi connectivity index (χ1) is 8.41. The smallest absolute Gasteiger partial charge is 0.141 e. The van der Waals surface area contributed by atoms with Crippen LogP contribution in [-0.4, -0.2) is 20.7 Å². The molecule has 0 aliphatic carbocycles. The molecular formula is C14H24N2O2. The Morgan fingerprint density at radius 1 is 1.39 bits per heavy atom. The fourth-order valence-corrected chi connectivity index (χ4v) is 2.06. The van der Waals surface area contributed by atoms with E-state index in [-0.39, 0.29) is 17.9 Å². The Hall–Kier alpha value is -1.13. The largest absolute Gasteiger partial charge is 0.506 e. The minimum Gasteiger partial charge on any atom is -0.506 e. The van der Waals surface area contributed by atoms with Gasteiger partial charge in [0.1, 0.15) is 5.75 Å². The molecule has 0 aromatic carbocycles. The summed E-state index contributed by atoms with van der Waals surface area (Å²) in [5.41, 5.74) is 2.04. The molecule has 4 heteroatoms. The second-order valence-corrected chi connectivity index (χ2v) is 5.34. The number of hydrogen-bond acceptors (Lipinski definition) is 4. The molecule has 0 saturated carbocycles. The fraction of sp³-hybridized carbons (Fsp3) is 0.643. The van der Waals surface area contributed by atoms with Crippen molar-refractivity contribution in [2.75, 3.05) is 0 Å². The lowest BCUT2D eigenvalue weighted by Crippen LogP contribution is -2.38. The first kappa shape index (κ1) is 14.9. The van der Waals surface area contributed by atoms with Crippen LogP contribution in [0.15, 0.2) is 6.20 Å². The topological polar surface area (TPSA) is 65.4 Å². The zero-order valence-corrected chi connectivity index (χ0v) is 11.7. The van der Waals surface area contributed by atoms with Crippen molar-refractivity contribution >= 4 is 0 Å². The van der Waals surface area contributed by atoms with Crippen LogP contribution in [0.3, 0.4) is 0 Å². The van der Waals surface area contributed by atoms with Gasteiger partial charge in [-0.1, -0.05) is 13.3 Å². The highest BCUT2D eigenvalue weighted by Gasteiger charge is 2.18. The van der Waals surface area contributed by atoms with Gasteiger partial charge in [0, 0.05) is 29.4 Å². The third-order valence-electron chi connectivity index (χ3n) is 3.22. The van der Waals surface area contributed by atoms with E-state index in [4.69, 9.17) is 0 Å². The fourth-order valence-electron chi connectivity index (χ4n) is 2.06. The summed E-state index contributed by atoms with van der Waals surface area (Å²) in [6.07, 6.45) is 3.79. The first-order valence-electron chi connectivity index (χ1n) is 6.43. The lowest BCUT2D eigenvalue weighted by molar-refractivity contribution is 0.277. The van der Waals surface area contributed by atoms with Gasteiger partial charge in [-0.3, -0.25) is 4.98 Å². The molecule has 0 radical (unpaired) electrons. The Bertz CT molecular complexity index is 403. The van der Waals surface area contributed by atoms with Crippen LogP contribution >= 0.6 is 0 Å². The van der Waals surface area contributed by atoms with E-state index in [2.05, 4.69) is 31.1 Å². The number of pyridine rings is 1. The Labute approximate surface area is 109 Å². The van der Waals surface area contributed by atoms with Crippen LogP contribution in [-0.2, 0) is 13.2 Å². The van der Waals surface area contributed by atoms with Crippen LogP contribution in [0.5, 0.6) is 5.75 Å². The lowest BCUT2D eigenvalue weighted by Gasteiger charge is -2.26. The van der Waals surface area contributed by atoms with Crippen LogP contribution in [0.1, 0.15) is 50.4 Å². The van der Waals surface area contributed by atoms with Crippen LogP contribution in [0.4, 0.5) is 0 Å². The highest BCUT2D eigenvalue weighted by molar-refractivity contribution is 5.40. The number of nitrogens with one attached hydrogen (secondary N) is 1. The number of aryl methyl sites for hydroxylation is 1. The average molecular weight is 252 g/mol. The monoisotopic (exact) mass is 252 g/mol. The molecule has 0 unspecified atom stereocenters. The van der Waals surface area contributed by atoms with Gasteiger partial charge in [-0.2, -0.15) is 0 Å². The van der Waals surface area contributed by atoms with E-state index in [0.29, 0.717) is 17.8 Å². The highest BCUT2D eigenvalue weighted by Crippen LogP contribution is 2.24. The number of aromatic nitrogens is 1. The molecule has 0 aliphatic rings. The van der Waals surface area contributed by atoms with Gasteiger partial charge in [0.15, 0.2) is 0 Å². The van der Waals surface area contributed by atoms with E-state index in [0.717, 1.165) is 18.4 Å². The summed E-state index contributed by atoms with van der Waals surface area (Å²) in [5.74, 6) is 0.182. The molecule has 1 rings (SSSR count). The maximum Gasteiger partial charge on any atom is 0.141 e. The maximum atomic E-state index is 10.0. The highest BCUT2D eigenvalue weighted by atomic mass is 16.3. The average Bonchev–Trinajstić information content (AvgIpc) is 2.31. The predicted octanol–water partition coefficient (Wildman–Crippen LogP) is 2.26. The molecule has 0 amide bonds. The van der Waals surface area contributed by atoms with Crippen molar-refractivity contribution in [3.63, 3.8) is 0 Å². The van der Waals surface area contributed by atoms with Crippen LogP contribution < -0.4 is 5.32 Å². The zero-order chi connectivity index (χ0) is 13.8. The molecule has 1 aromatic rings. The molecule has 0 bridgehead atoms. The molecule has 4 nitrogen and oxygen atoms in total. The number of rotatable bonds is 6. The van der Waals surface area contributed by atoms with Gasteiger partial charge in [0.2, 0.25) is 0 Å². The van der Waals surface area contributed by atoms with Crippen molar-refractivity contribution in [3.05, 3.63) is 23.0 Å². The summed E-state index contributed by atoms with van der Waals surface area (Å²) >= 11 is 0. The Morgan fingerprint density at radius 3 is 2.61 bits per heavy atom. The van der Waals surface area contributed by atoms with Gasteiger partial charge in [-0.25, -0.2) is 0 Å². The zero-order valence-electron chi connectivity index (χ0n) is 11.7. The van der Waals surface area contributed by atoms with E-state index in [1.807, 2.05) is 0 Å². The second kappa shape index (κ2) is 6.16. The number of nitrogens with zero attached hydrogens (tertiary/aromatic N) is 1. The van der Waals surface area contributed by atoms with E-state index < -0.39 is 0 Å². The van der Waals surface area contributed by atoms with E-state index >= 15 is 0 Å². The number of aliphatic hydroxyl groups is 1. The Kier molecular flexibility index (Phi) is 5.11. The third kappa shape index (κ3) is 3.68. The molecule has 1 heterocycles. The maximum absolute atomic E-state index is 10.0. The number of hydrogen-bond donors (Lipinski definition) is 3. The summed E-state index contributed by atoms with van der Waals surface area (Å²) in [4.78, 5) is 4.05. The van der Waals surface area contributed by atoms with Crippen molar-refractivity contribution < 1.29 is 10.2 Å². The standard InChI is InChI=1S/C14H24N2O2/c1-5-6-14(3,4)16-8-12-11(9-17)7-15-10(2)13(12)18/h7,16-18H,5-6,8-9H2,1-4H3. The van der Waals surface area contributed by atoms with Crippen LogP contribution in [0, 0.1) is 6.92 Å². The van der Waals surface area contributed by atoms with E-state index in [1.165, 1.54) is 0 Å². The molecule has 3 N–H and O–H groups in total. The van der Waals surface area contributed by atoms with Gasteiger partial charge in [0.25, 0.3) is 0 Å². The summed E-state index contributed by atoms with van der Waals surface area (Å²) in [5, 5.41) is 22.7. The Morgan fingerprint density at radius 2 is 2.06 bits per heavy atom. The normalized spacial score (nSPS) is 11.8. The molecule has 18 heavy (non-hydrogen) atoms. The summed E-state index contributed by atoms with van der Waals surface area (Å²) < 4.78 is 0. The third-order valence-corrected chi connectivity index (χ3v) is 3.22. The van der Waals surface area contributed by atoms with Crippen molar-refractivity contribution in [3.8, 4) is 5.75 Å².